The van der Waals surface area contributed by atoms with Crippen LogP contribution in [0, 0.1) is 0 Å². The molecule has 0 saturated carbocycles. The standard InChI is InChI=1S/C17H24N2O/c18-16-9-6-15(7-10-16)8-11-17(20)19-13-12-14-4-2-1-3-5-14/h4,6-7,9-10H,1-3,5,8,11-13,18H2,(H,19,20). The number of amides is 1. The fraction of sp³-hybridized carbons (Fsp3) is 0.471. The summed E-state index contributed by atoms with van der Waals surface area (Å²) >= 11 is 0. The molecule has 3 N–H and O–H groups in total. The van der Waals surface area contributed by atoms with E-state index in [4.69, 9.17) is 5.73 Å². The van der Waals surface area contributed by atoms with E-state index in [1.54, 1.807) is 0 Å². The zero-order valence-electron chi connectivity index (χ0n) is 12.0. The Labute approximate surface area is 121 Å². The molecule has 1 aliphatic rings. The van der Waals surface area contributed by atoms with Crippen LogP contribution in [0.2, 0.25) is 0 Å². The van der Waals surface area contributed by atoms with Gasteiger partial charge in [-0.25, -0.2) is 0 Å². The van der Waals surface area contributed by atoms with Crippen LogP contribution in [0.5, 0.6) is 0 Å². The summed E-state index contributed by atoms with van der Waals surface area (Å²) in [6, 6.07) is 7.72. The van der Waals surface area contributed by atoms with Crippen molar-refractivity contribution in [3.63, 3.8) is 0 Å². The van der Waals surface area contributed by atoms with Crippen molar-refractivity contribution >= 4 is 11.6 Å². The minimum absolute atomic E-state index is 0.137. The fourth-order valence-corrected chi connectivity index (χ4v) is 2.52. The summed E-state index contributed by atoms with van der Waals surface area (Å²) in [7, 11) is 0. The number of anilines is 1. The number of hydrogen-bond donors (Lipinski definition) is 2. The first kappa shape index (κ1) is 14.6. The molecule has 2 rings (SSSR count). The van der Waals surface area contributed by atoms with Crippen LogP contribution in [0.15, 0.2) is 35.9 Å². The molecule has 1 aliphatic carbocycles. The van der Waals surface area contributed by atoms with Gasteiger partial charge >= 0.3 is 0 Å². The minimum Gasteiger partial charge on any atom is -0.399 e. The third-order valence-corrected chi connectivity index (χ3v) is 3.77. The molecular formula is C17H24N2O. The van der Waals surface area contributed by atoms with E-state index in [9.17, 15) is 4.79 Å². The molecule has 0 unspecified atom stereocenters. The highest BCUT2D eigenvalue weighted by atomic mass is 16.1. The van der Waals surface area contributed by atoms with E-state index in [1.807, 2.05) is 24.3 Å². The van der Waals surface area contributed by atoms with Crippen molar-refractivity contribution in [1.29, 1.82) is 0 Å². The average molecular weight is 272 g/mol. The van der Waals surface area contributed by atoms with Crippen LogP contribution in [-0.2, 0) is 11.2 Å². The fourth-order valence-electron chi connectivity index (χ4n) is 2.52. The van der Waals surface area contributed by atoms with Crippen molar-refractivity contribution in [3.05, 3.63) is 41.5 Å². The van der Waals surface area contributed by atoms with E-state index in [2.05, 4.69) is 11.4 Å². The number of nitrogens with two attached hydrogens (primary N) is 1. The number of carbonyl (C=O) groups excluding carboxylic acids is 1. The zero-order valence-corrected chi connectivity index (χ0v) is 12.0. The summed E-state index contributed by atoms with van der Waals surface area (Å²) in [6.07, 6.45) is 9.70. The maximum Gasteiger partial charge on any atom is 0.220 e. The van der Waals surface area contributed by atoms with Crippen LogP contribution >= 0.6 is 0 Å². The average Bonchev–Trinajstić information content (AvgIpc) is 2.48. The van der Waals surface area contributed by atoms with Crippen LogP contribution in [0.4, 0.5) is 5.69 Å². The van der Waals surface area contributed by atoms with Gasteiger partial charge in [0.05, 0.1) is 0 Å². The van der Waals surface area contributed by atoms with Crippen molar-refractivity contribution < 1.29 is 4.79 Å². The molecule has 0 radical (unpaired) electrons. The first-order valence-electron chi connectivity index (χ1n) is 7.53. The molecule has 0 aromatic heterocycles. The van der Waals surface area contributed by atoms with Gasteiger partial charge in [0, 0.05) is 18.7 Å². The Hall–Kier alpha value is -1.77. The summed E-state index contributed by atoms with van der Waals surface area (Å²) in [5, 5.41) is 3.01. The van der Waals surface area contributed by atoms with Gasteiger partial charge in [0.2, 0.25) is 5.91 Å². The number of rotatable bonds is 6. The van der Waals surface area contributed by atoms with Gasteiger partial charge in [0.15, 0.2) is 0 Å². The Morgan fingerprint density at radius 2 is 1.95 bits per heavy atom. The maximum atomic E-state index is 11.8. The highest BCUT2D eigenvalue weighted by Gasteiger charge is 2.05. The summed E-state index contributed by atoms with van der Waals surface area (Å²) in [5.74, 6) is 0.137. The lowest BCUT2D eigenvalue weighted by Gasteiger charge is -2.12. The third kappa shape index (κ3) is 5.08. The van der Waals surface area contributed by atoms with E-state index in [0.29, 0.717) is 6.42 Å². The number of aryl methyl sites for hydroxylation is 1. The highest BCUT2D eigenvalue weighted by molar-refractivity contribution is 5.76. The lowest BCUT2D eigenvalue weighted by Crippen LogP contribution is -2.25. The smallest absolute Gasteiger partial charge is 0.220 e. The van der Waals surface area contributed by atoms with Gasteiger partial charge in [-0.3, -0.25) is 4.79 Å². The number of nitrogens with one attached hydrogen (secondary N) is 1. The van der Waals surface area contributed by atoms with E-state index in [0.717, 1.165) is 30.6 Å². The van der Waals surface area contributed by atoms with Gasteiger partial charge in [-0.2, -0.15) is 0 Å². The number of nitrogen functional groups attached to an aromatic ring is 1. The number of hydrogen-bond acceptors (Lipinski definition) is 2. The van der Waals surface area contributed by atoms with Crippen molar-refractivity contribution in [2.75, 3.05) is 12.3 Å². The molecule has 0 heterocycles. The van der Waals surface area contributed by atoms with Gasteiger partial charge in [-0.1, -0.05) is 23.8 Å². The van der Waals surface area contributed by atoms with Crippen molar-refractivity contribution in [1.82, 2.24) is 5.32 Å². The lowest BCUT2D eigenvalue weighted by atomic mass is 9.97. The third-order valence-electron chi connectivity index (χ3n) is 3.77. The summed E-state index contributed by atoms with van der Waals surface area (Å²) < 4.78 is 0. The maximum absolute atomic E-state index is 11.8. The van der Waals surface area contributed by atoms with Gasteiger partial charge in [-0.15, -0.1) is 0 Å². The van der Waals surface area contributed by atoms with Crippen LogP contribution in [0.1, 0.15) is 44.1 Å². The molecule has 0 fully saturated rings. The summed E-state index contributed by atoms with van der Waals surface area (Å²) in [4.78, 5) is 11.8. The second kappa shape index (κ2) is 7.73. The molecule has 108 valence electrons. The molecule has 1 aromatic carbocycles. The predicted octanol–water partition coefficient (Wildman–Crippen LogP) is 3.21. The van der Waals surface area contributed by atoms with Crippen molar-refractivity contribution in [3.8, 4) is 0 Å². The molecular weight excluding hydrogens is 248 g/mol. The molecule has 0 spiro atoms. The van der Waals surface area contributed by atoms with Gasteiger partial charge in [0.1, 0.15) is 0 Å². The SMILES string of the molecule is Nc1ccc(CCC(=O)NCCC2=CCCCC2)cc1. The number of carbonyl (C=O) groups is 1. The van der Waals surface area contributed by atoms with E-state index in [1.165, 1.54) is 31.3 Å². The van der Waals surface area contributed by atoms with Crippen molar-refractivity contribution in [2.45, 2.75) is 44.9 Å². The van der Waals surface area contributed by atoms with Crippen LogP contribution in [-0.4, -0.2) is 12.5 Å². The van der Waals surface area contributed by atoms with Crippen LogP contribution in [0.3, 0.4) is 0 Å². The van der Waals surface area contributed by atoms with E-state index < -0.39 is 0 Å². The zero-order chi connectivity index (χ0) is 14.2. The van der Waals surface area contributed by atoms with Gasteiger partial charge in [-0.05, 0) is 56.2 Å². The second-order valence-corrected chi connectivity index (χ2v) is 5.45. The Balaban J connectivity index is 1.62. The normalized spacial score (nSPS) is 14.7. The van der Waals surface area contributed by atoms with Crippen molar-refractivity contribution in [2.24, 2.45) is 0 Å². The van der Waals surface area contributed by atoms with E-state index in [-0.39, 0.29) is 5.91 Å². The lowest BCUT2D eigenvalue weighted by molar-refractivity contribution is -0.121. The quantitative estimate of drug-likeness (QED) is 0.617. The molecule has 3 heteroatoms. The van der Waals surface area contributed by atoms with Crippen LogP contribution in [0.25, 0.3) is 0 Å². The molecule has 0 saturated heterocycles. The molecule has 0 atom stereocenters. The monoisotopic (exact) mass is 272 g/mol. The minimum atomic E-state index is 0.137. The molecule has 0 bridgehead atoms. The summed E-state index contributed by atoms with van der Waals surface area (Å²) in [5.41, 5.74) is 9.06. The van der Waals surface area contributed by atoms with Gasteiger partial charge < -0.3 is 11.1 Å². The Morgan fingerprint density at radius 1 is 1.15 bits per heavy atom. The predicted molar refractivity (Wildman–Crippen MR) is 83.4 cm³/mol. The molecule has 0 aliphatic heterocycles. The molecule has 20 heavy (non-hydrogen) atoms. The second-order valence-electron chi connectivity index (χ2n) is 5.45. The Kier molecular flexibility index (Phi) is 5.66. The molecule has 1 amide bonds. The van der Waals surface area contributed by atoms with E-state index >= 15 is 0 Å². The Bertz CT molecular complexity index is 462. The topological polar surface area (TPSA) is 55.1 Å². The first-order valence-corrected chi connectivity index (χ1v) is 7.53. The summed E-state index contributed by atoms with van der Waals surface area (Å²) in [6.45, 7) is 0.770. The molecule has 3 nitrogen and oxygen atoms in total. The van der Waals surface area contributed by atoms with Crippen LogP contribution < -0.4 is 11.1 Å². The van der Waals surface area contributed by atoms with Gasteiger partial charge in [0.25, 0.3) is 0 Å². The Morgan fingerprint density at radius 3 is 2.65 bits per heavy atom. The number of benzene rings is 1. The molecule has 1 aromatic rings. The highest BCUT2D eigenvalue weighted by Crippen LogP contribution is 2.19. The number of allylic oxidation sites excluding steroid dienone is 1. The largest absolute Gasteiger partial charge is 0.399 e. The first-order chi connectivity index (χ1) is 9.74.